The summed E-state index contributed by atoms with van der Waals surface area (Å²) in [5, 5.41) is 3.30. The van der Waals surface area contributed by atoms with Crippen LogP contribution in [-0.2, 0) is 6.42 Å². The van der Waals surface area contributed by atoms with Gasteiger partial charge in [0.15, 0.2) is 0 Å². The van der Waals surface area contributed by atoms with Crippen molar-refractivity contribution in [3.63, 3.8) is 0 Å². The molecule has 142 valence electrons. The van der Waals surface area contributed by atoms with Crippen LogP contribution in [0, 0.1) is 0 Å². The van der Waals surface area contributed by atoms with Crippen molar-refractivity contribution in [3.8, 4) is 5.75 Å². The lowest BCUT2D eigenvalue weighted by Gasteiger charge is -2.29. The normalized spacial score (nSPS) is 13.0. The summed E-state index contributed by atoms with van der Waals surface area (Å²) in [6, 6.07) is 13.3. The number of aromatic nitrogens is 2. The minimum absolute atomic E-state index is 0.328. The number of fused-ring (bicyclic) bond motifs is 1. The molecule has 0 atom stereocenters. The third-order valence-corrected chi connectivity index (χ3v) is 4.90. The molecule has 1 aliphatic heterocycles. The zero-order valence-electron chi connectivity index (χ0n) is 15.4. The number of carbonyl (C=O) groups excluding carboxylic acids is 1. The number of carbonyl (C=O) groups is 1. The van der Waals surface area contributed by atoms with Crippen LogP contribution in [0.3, 0.4) is 0 Å². The van der Waals surface area contributed by atoms with Gasteiger partial charge in [-0.2, -0.15) is 0 Å². The van der Waals surface area contributed by atoms with Crippen molar-refractivity contribution in [1.82, 2.24) is 9.97 Å². The second kappa shape index (κ2) is 7.86. The van der Waals surface area contributed by atoms with E-state index in [9.17, 15) is 4.79 Å². The molecule has 0 saturated carbocycles. The van der Waals surface area contributed by atoms with Crippen molar-refractivity contribution in [1.29, 1.82) is 0 Å². The molecule has 0 aliphatic carbocycles. The average Bonchev–Trinajstić information content (AvgIpc) is 2.73. The summed E-state index contributed by atoms with van der Waals surface area (Å²) in [5.74, 6) is 0.787. The molecule has 7 heteroatoms. The van der Waals surface area contributed by atoms with E-state index in [1.807, 2.05) is 12.1 Å². The second-order valence-electron chi connectivity index (χ2n) is 6.45. The van der Waals surface area contributed by atoms with Crippen LogP contribution in [0.15, 0.2) is 54.9 Å². The monoisotopic (exact) mass is 394 g/mol. The Morgan fingerprint density at radius 1 is 1.18 bits per heavy atom. The van der Waals surface area contributed by atoms with E-state index in [2.05, 4.69) is 32.3 Å². The molecule has 1 N–H and O–H groups in total. The van der Waals surface area contributed by atoms with E-state index in [-0.39, 0.29) is 5.91 Å². The summed E-state index contributed by atoms with van der Waals surface area (Å²) in [7, 11) is 1.53. The lowest BCUT2D eigenvalue weighted by Crippen LogP contribution is -2.26. The van der Waals surface area contributed by atoms with Gasteiger partial charge >= 0.3 is 0 Å². The highest BCUT2D eigenvalue weighted by molar-refractivity contribution is 6.31. The molecule has 1 amide bonds. The van der Waals surface area contributed by atoms with Crippen LogP contribution >= 0.6 is 11.6 Å². The van der Waals surface area contributed by atoms with Gasteiger partial charge in [-0.1, -0.05) is 29.8 Å². The van der Waals surface area contributed by atoms with Crippen LogP contribution in [-0.4, -0.2) is 29.5 Å². The van der Waals surface area contributed by atoms with Gasteiger partial charge in [0.25, 0.3) is 5.91 Å². The first-order valence-electron chi connectivity index (χ1n) is 8.98. The van der Waals surface area contributed by atoms with Crippen LogP contribution < -0.4 is 15.0 Å². The molecule has 0 spiro atoms. The maximum absolute atomic E-state index is 12.6. The van der Waals surface area contributed by atoms with Crippen LogP contribution in [0.1, 0.15) is 22.3 Å². The summed E-state index contributed by atoms with van der Waals surface area (Å²) in [6.07, 6.45) is 5.16. The molecule has 4 rings (SSSR count). The Morgan fingerprint density at radius 3 is 2.75 bits per heavy atom. The van der Waals surface area contributed by atoms with Gasteiger partial charge < -0.3 is 15.0 Å². The van der Waals surface area contributed by atoms with Crippen LogP contribution in [0.25, 0.3) is 0 Å². The van der Waals surface area contributed by atoms with Crippen molar-refractivity contribution in [2.24, 2.45) is 0 Å². The molecule has 0 fully saturated rings. The van der Waals surface area contributed by atoms with Crippen LogP contribution in [0.4, 0.5) is 17.3 Å². The molecule has 2 aromatic carbocycles. The smallest absolute Gasteiger partial charge is 0.258 e. The standard InChI is InChI=1S/C21H19ClN4O2/c1-28-19-9-8-16(22)11-17(19)25-20(27)15-12-23-21(24-13-15)26-10-4-6-14-5-2-3-7-18(14)26/h2-3,5,7-9,11-13H,4,6,10H2,1H3,(H,25,27). The number of amides is 1. The number of nitrogens with zero attached hydrogens (tertiary/aromatic N) is 3. The SMILES string of the molecule is COc1ccc(Cl)cc1NC(=O)c1cnc(N2CCCc3ccccc32)nc1. The summed E-state index contributed by atoms with van der Waals surface area (Å²) in [6.45, 7) is 0.849. The number of aryl methyl sites for hydroxylation is 1. The maximum atomic E-state index is 12.6. The van der Waals surface area contributed by atoms with Crippen molar-refractivity contribution < 1.29 is 9.53 Å². The fourth-order valence-corrected chi connectivity index (χ4v) is 3.46. The van der Waals surface area contributed by atoms with Gasteiger partial charge in [0, 0.05) is 29.6 Å². The van der Waals surface area contributed by atoms with E-state index in [1.165, 1.54) is 25.1 Å². The molecule has 3 aromatic rings. The Bertz CT molecular complexity index is 1010. The van der Waals surface area contributed by atoms with Crippen LogP contribution in [0.2, 0.25) is 5.02 Å². The van der Waals surface area contributed by atoms with Gasteiger partial charge in [-0.05, 0) is 42.7 Å². The Balaban J connectivity index is 1.54. The van der Waals surface area contributed by atoms with E-state index < -0.39 is 0 Å². The Morgan fingerprint density at radius 2 is 1.96 bits per heavy atom. The van der Waals surface area contributed by atoms with Crippen molar-refractivity contribution >= 4 is 34.8 Å². The Kier molecular flexibility index (Phi) is 5.12. The van der Waals surface area contributed by atoms with Crippen molar-refractivity contribution in [3.05, 3.63) is 71.0 Å². The van der Waals surface area contributed by atoms with E-state index in [1.54, 1.807) is 18.2 Å². The first-order chi connectivity index (χ1) is 13.7. The number of hydrogen-bond donors (Lipinski definition) is 1. The number of ether oxygens (including phenoxy) is 1. The molecular formula is C21H19ClN4O2. The summed E-state index contributed by atoms with van der Waals surface area (Å²) in [4.78, 5) is 23.5. The first-order valence-corrected chi connectivity index (χ1v) is 9.36. The number of rotatable bonds is 4. The summed E-state index contributed by atoms with van der Waals surface area (Å²) in [5.41, 5.74) is 3.26. The molecule has 28 heavy (non-hydrogen) atoms. The summed E-state index contributed by atoms with van der Waals surface area (Å²) >= 11 is 6.01. The number of hydrogen-bond acceptors (Lipinski definition) is 5. The average molecular weight is 395 g/mol. The molecule has 1 aromatic heterocycles. The minimum atomic E-state index is -0.328. The van der Waals surface area contributed by atoms with E-state index in [0.29, 0.717) is 28.0 Å². The Hall–Kier alpha value is -3.12. The lowest BCUT2D eigenvalue weighted by atomic mass is 10.0. The molecule has 6 nitrogen and oxygen atoms in total. The number of anilines is 3. The lowest BCUT2D eigenvalue weighted by molar-refractivity contribution is 0.102. The quantitative estimate of drug-likeness (QED) is 0.706. The number of benzene rings is 2. The van der Waals surface area contributed by atoms with Crippen molar-refractivity contribution in [2.45, 2.75) is 12.8 Å². The largest absolute Gasteiger partial charge is 0.495 e. The minimum Gasteiger partial charge on any atom is -0.495 e. The Labute approximate surface area is 168 Å². The fourth-order valence-electron chi connectivity index (χ4n) is 3.29. The highest BCUT2D eigenvalue weighted by atomic mass is 35.5. The van der Waals surface area contributed by atoms with Gasteiger partial charge in [0.2, 0.25) is 5.95 Å². The molecular weight excluding hydrogens is 376 g/mol. The zero-order valence-corrected chi connectivity index (χ0v) is 16.1. The van der Waals surface area contributed by atoms with Gasteiger partial charge in [-0.3, -0.25) is 4.79 Å². The predicted molar refractivity (Wildman–Crippen MR) is 110 cm³/mol. The number of halogens is 1. The highest BCUT2D eigenvalue weighted by Gasteiger charge is 2.20. The topological polar surface area (TPSA) is 67.3 Å². The van der Waals surface area contributed by atoms with Gasteiger partial charge in [-0.15, -0.1) is 0 Å². The summed E-state index contributed by atoms with van der Waals surface area (Å²) < 4.78 is 5.26. The highest BCUT2D eigenvalue weighted by Crippen LogP contribution is 2.31. The molecule has 2 heterocycles. The van der Waals surface area contributed by atoms with E-state index >= 15 is 0 Å². The first kappa shape index (κ1) is 18.3. The maximum Gasteiger partial charge on any atom is 0.258 e. The van der Waals surface area contributed by atoms with Gasteiger partial charge in [-0.25, -0.2) is 9.97 Å². The fraction of sp³-hybridized carbons (Fsp3) is 0.190. The van der Waals surface area contributed by atoms with E-state index in [4.69, 9.17) is 16.3 Å². The van der Waals surface area contributed by atoms with Crippen LogP contribution in [0.5, 0.6) is 5.75 Å². The zero-order chi connectivity index (χ0) is 19.5. The van der Waals surface area contributed by atoms with Gasteiger partial charge in [0.1, 0.15) is 5.75 Å². The molecule has 0 saturated heterocycles. The van der Waals surface area contributed by atoms with Crippen molar-refractivity contribution in [2.75, 3.05) is 23.9 Å². The van der Waals surface area contributed by atoms with Gasteiger partial charge in [0.05, 0.1) is 18.4 Å². The molecule has 0 bridgehead atoms. The van der Waals surface area contributed by atoms with E-state index in [0.717, 1.165) is 25.1 Å². The number of methoxy groups -OCH3 is 1. The third-order valence-electron chi connectivity index (χ3n) is 4.66. The molecule has 1 aliphatic rings. The molecule has 0 radical (unpaired) electrons. The third kappa shape index (κ3) is 3.64. The number of nitrogens with one attached hydrogen (secondary N) is 1. The predicted octanol–water partition coefficient (Wildman–Crippen LogP) is 4.48. The second-order valence-corrected chi connectivity index (χ2v) is 6.89. The molecule has 0 unspecified atom stereocenters. The number of para-hydroxylation sites is 1.